The van der Waals surface area contributed by atoms with Crippen molar-refractivity contribution in [2.75, 3.05) is 0 Å². The van der Waals surface area contributed by atoms with Gasteiger partial charge in [0.2, 0.25) is 0 Å². The van der Waals surface area contributed by atoms with Gasteiger partial charge in [-0.1, -0.05) is 12.1 Å². The predicted octanol–water partition coefficient (Wildman–Crippen LogP) is 4.91. The molecular formula is C22H14N4. The first-order valence-electron chi connectivity index (χ1n) is 8.40. The predicted molar refractivity (Wildman–Crippen MR) is 104 cm³/mol. The Morgan fingerprint density at radius 2 is 1.00 bits per heavy atom. The van der Waals surface area contributed by atoms with Gasteiger partial charge < -0.3 is 0 Å². The molecule has 0 bridgehead atoms. The first-order valence-corrected chi connectivity index (χ1v) is 8.40. The Morgan fingerprint density at radius 1 is 0.462 bits per heavy atom. The van der Waals surface area contributed by atoms with Gasteiger partial charge in [-0.25, -0.2) is 0 Å². The molecule has 4 nitrogen and oxygen atoms in total. The van der Waals surface area contributed by atoms with Crippen molar-refractivity contribution in [3.05, 3.63) is 85.5 Å². The largest absolute Gasteiger partial charge is 0.255 e. The lowest BCUT2D eigenvalue weighted by atomic mass is 10.00. The number of hydrogen-bond donors (Lipinski definition) is 0. The van der Waals surface area contributed by atoms with E-state index in [0.29, 0.717) is 0 Å². The highest BCUT2D eigenvalue weighted by atomic mass is 14.8. The molecule has 0 saturated heterocycles. The molecule has 0 atom stereocenters. The summed E-state index contributed by atoms with van der Waals surface area (Å²) in [6, 6.07) is 20.1. The van der Waals surface area contributed by atoms with Crippen molar-refractivity contribution in [3.8, 4) is 22.8 Å². The van der Waals surface area contributed by atoms with Gasteiger partial charge in [-0.15, -0.1) is 0 Å². The van der Waals surface area contributed by atoms with Crippen LogP contribution >= 0.6 is 0 Å². The molecule has 122 valence electrons. The van der Waals surface area contributed by atoms with Crippen LogP contribution in [0.3, 0.4) is 0 Å². The Kier molecular flexibility index (Phi) is 3.39. The van der Waals surface area contributed by atoms with Gasteiger partial charge in [0.15, 0.2) is 0 Å². The minimum atomic E-state index is 0.862. The molecule has 0 aliphatic carbocycles. The standard InChI is InChI=1S/C22H14N4/c1-3-9-23-19(5-1)21-17-14-18-16(13-15(17)7-11-25-21)8-12-26-22(18)20-6-2-4-10-24-20/h1-14H. The van der Waals surface area contributed by atoms with Gasteiger partial charge in [-0.05, 0) is 59.3 Å². The Balaban J connectivity index is 1.85. The van der Waals surface area contributed by atoms with E-state index in [2.05, 4.69) is 32.1 Å². The summed E-state index contributed by atoms with van der Waals surface area (Å²) in [7, 11) is 0. The number of nitrogens with zero attached hydrogens (tertiary/aromatic N) is 4. The lowest BCUT2D eigenvalue weighted by Crippen LogP contribution is -1.92. The van der Waals surface area contributed by atoms with Crippen LogP contribution in [0.1, 0.15) is 0 Å². The monoisotopic (exact) mass is 334 g/mol. The molecule has 4 heterocycles. The first kappa shape index (κ1) is 14.7. The van der Waals surface area contributed by atoms with Crippen LogP contribution in [0, 0.1) is 0 Å². The second-order valence-electron chi connectivity index (χ2n) is 6.04. The third-order valence-corrected chi connectivity index (χ3v) is 4.46. The first-order chi connectivity index (χ1) is 12.9. The highest BCUT2D eigenvalue weighted by Crippen LogP contribution is 2.32. The van der Waals surface area contributed by atoms with Crippen LogP contribution in [0.15, 0.2) is 85.5 Å². The van der Waals surface area contributed by atoms with E-state index >= 15 is 0 Å². The van der Waals surface area contributed by atoms with E-state index in [0.717, 1.165) is 44.3 Å². The average molecular weight is 334 g/mol. The Bertz CT molecular complexity index is 1120. The normalized spacial score (nSPS) is 11.1. The molecular weight excluding hydrogens is 320 g/mol. The summed E-state index contributed by atoms with van der Waals surface area (Å²) in [4.78, 5) is 18.1. The van der Waals surface area contributed by atoms with E-state index in [1.807, 2.05) is 60.9 Å². The molecule has 26 heavy (non-hydrogen) atoms. The Morgan fingerprint density at radius 3 is 1.46 bits per heavy atom. The van der Waals surface area contributed by atoms with Crippen LogP contribution in [0.5, 0.6) is 0 Å². The van der Waals surface area contributed by atoms with Crippen LogP contribution in [-0.2, 0) is 0 Å². The van der Waals surface area contributed by atoms with Gasteiger partial charge >= 0.3 is 0 Å². The van der Waals surface area contributed by atoms with Gasteiger partial charge in [0.25, 0.3) is 0 Å². The molecule has 4 aromatic heterocycles. The fraction of sp³-hybridized carbons (Fsp3) is 0. The summed E-state index contributed by atoms with van der Waals surface area (Å²) < 4.78 is 0. The molecule has 0 amide bonds. The number of rotatable bonds is 2. The molecule has 0 N–H and O–H groups in total. The zero-order chi connectivity index (χ0) is 17.3. The Labute approximate surface area is 150 Å². The molecule has 5 rings (SSSR count). The molecule has 0 radical (unpaired) electrons. The third kappa shape index (κ3) is 2.40. The van der Waals surface area contributed by atoms with Gasteiger partial charge in [0, 0.05) is 35.6 Å². The van der Waals surface area contributed by atoms with E-state index in [9.17, 15) is 0 Å². The molecule has 0 unspecified atom stereocenters. The Hall–Kier alpha value is -3.66. The molecule has 4 heteroatoms. The summed E-state index contributed by atoms with van der Waals surface area (Å²) in [5.41, 5.74) is 3.48. The van der Waals surface area contributed by atoms with Crippen LogP contribution in [0.2, 0.25) is 0 Å². The summed E-state index contributed by atoms with van der Waals surface area (Å²) >= 11 is 0. The van der Waals surface area contributed by atoms with Crippen molar-refractivity contribution in [2.24, 2.45) is 0 Å². The van der Waals surface area contributed by atoms with Gasteiger partial charge in [0.05, 0.1) is 22.8 Å². The molecule has 1 aromatic carbocycles. The second-order valence-corrected chi connectivity index (χ2v) is 6.04. The van der Waals surface area contributed by atoms with E-state index in [-0.39, 0.29) is 0 Å². The summed E-state index contributed by atoms with van der Waals surface area (Å²) in [5.74, 6) is 0. The molecule has 0 aliphatic rings. The lowest BCUT2D eigenvalue weighted by molar-refractivity contribution is 1.26. The molecule has 0 fully saturated rings. The second kappa shape index (κ2) is 6.01. The van der Waals surface area contributed by atoms with Crippen molar-refractivity contribution in [3.63, 3.8) is 0 Å². The average Bonchev–Trinajstić information content (AvgIpc) is 2.72. The van der Waals surface area contributed by atoms with Crippen molar-refractivity contribution in [1.82, 2.24) is 19.9 Å². The summed E-state index contributed by atoms with van der Waals surface area (Å²) in [6.45, 7) is 0. The fourth-order valence-electron chi connectivity index (χ4n) is 3.26. The lowest BCUT2D eigenvalue weighted by Gasteiger charge is -2.09. The molecule has 0 spiro atoms. The summed E-state index contributed by atoms with van der Waals surface area (Å²) in [5, 5.41) is 4.38. The van der Waals surface area contributed by atoms with Crippen LogP contribution < -0.4 is 0 Å². The van der Waals surface area contributed by atoms with Crippen molar-refractivity contribution in [1.29, 1.82) is 0 Å². The maximum Gasteiger partial charge on any atom is 0.0964 e. The topological polar surface area (TPSA) is 51.6 Å². The molecule has 5 aromatic rings. The van der Waals surface area contributed by atoms with E-state index < -0.39 is 0 Å². The third-order valence-electron chi connectivity index (χ3n) is 4.46. The zero-order valence-corrected chi connectivity index (χ0v) is 13.9. The van der Waals surface area contributed by atoms with Crippen molar-refractivity contribution < 1.29 is 0 Å². The number of fused-ring (bicyclic) bond motifs is 2. The van der Waals surface area contributed by atoms with Crippen LogP contribution in [0.25, 0.3) is 44.3 Å². The minimum Gasteiger partial charge on any atom is -0.255 e. The van der Waals surface area contributed by atoms with Crippen LogP contribution in [-0.4, -0.2) is 19.9 Å². The highest BCUT2D eigenvalue weighted by Gasteiger charge is 2.11. The smallest absolute Gasteiger partial charge is 0.0964 e. The quantitative estimate of drug-likeness (QED) is 0.431. The number of hydrogen-bond acceptors (Lipinski definition) is 4. The zero-order valence-electron chi connectivity index (χ0n) is 13.9. The molecule has 0 saturated carbocycles. The van der Waals surface area contributed by atoms with E-state index in [4.69, 9.17) is 0 Å². The maximum atomic E-state index is 4.59. The van der Waals surface area contributed by atoms with Gasteiger partial charge in [0.1, 0.15) is 0 Å². The van der Waals surface area contributed by atoms with Crippen molar-refractivity contribution in [2.45, 2.75) is 0 Å². The number of pyridine rings is 4. The minimum absolute atomic E-state index is 0.862. The van der Waals surface area contributed by atoms with E-state index in [1.54, 1.807) is 12.4 Å². The number of benzene rings is 1. The molecule has 0 aliphatic heterocycles. The summed E-state index contributed by atoms with van der Waals surface area (Å²) in [6.07, 6.45) is 7.24. The fourth-order valence-corrected chi connectivity index (χ4v) is 3.26. The van der Waals surface area contributed by atoms with Crippen LogP contribution in [0.4, 0.5) is 0 Å². The van der Waals surface area contributed by atoms with Gasteiger partial charge in [-0.2, -0.15) is 0 Å². The SMILES string of the molecule is c1ccc(-c2nccc3cc4ccnc(-c5ccccn5)c4cc23)nc1. The van der Waals surface area contributed by atoms with E-state index in [1.165, 1.54) is 0 Å². The van der Waals surface area contributed by atoms with Crippen molar-refractivity contribution >= 4 is 21.5 Å². The van der Waals surface area contributed by atoms with Gasteiger partial charge in [-0.3, -0.25) is 19.9 Å². The highest BCUT2D eigenvalue weighted by molar-refractivity contribution is 6.06. The number of aromatic nitrogens is 4. The maximum absolute atomic E-state index is 4.59.